The maximum atomic E-state index is 11.0. The van der Waals surface area contributed by atoms with Crippen molar-refractivity contribution >= 4 is 49.2 Å². The zero-order valence-electron chi connectivity index (χ0n) is 15.7. The number of nitrogens with one attached hydrogen (secondary N) is 3. The lowest BCUT2D eigenvalue weighted by Gasteiger charge is -2.05. The van der Waals surface area contributed by atoms with Gasteiger partial charge in [0.2, 0.25) is 5.95 Å². The van der Waals surface area contributed by atoms with Crippen molar-refractivity contribution in [2.45, 2.75) is 9.79 Å². The standard InChI is InChI=1S/C8H9N7O2.C6H7NO6S2/c9-3-1-2-4(11-5(3)10)12-6-13-7(16)15-8(17)14-6;7-5-3-4(14(8,9)10)1-2-6(5)15(11,12)13/h1-2H,9H2,(H5,10,11,12,13,14,15,16,17);1-3H,7H2,(H,8,9,10)(H,11,12,13). The topological polar surface area (TPSA) is 290 Å². The second kappa shape index (κ2) is 9.01. The van der Waals surface area contributed by atoms with Crippen LogP contribution in [0, 0.1) is 0 Å². The monoisotopic (exact) mass is 488 g/mol. The first-order chi connectivity index (χ1) is 14.7. The van der Waals surface area contributed by atoms with Gasteiger partial charge in [-0.05, 0) is 30.3 Å². The summed E-state index contributed by atoms with van der Waals surface area (Å²) in [6.07, 6.45) is 0. The molecule has 0 saturated carbocycles. The van der Waals surface area contributed by atoms with Gasteiger partial charge in [0.1, 0.15) is 16.5 Å². The molecule has 0 aliphatic rings. The van der Waals surface area contributed by atoms with Crippen molar-refractivity contribution < 1.29 is 25.9 Å². The van der Waals surface area contributed by atoms with E-state index in [2.05, 4.69) is 20.3 Å². The number of nitrogens with zero attached hydrogens (tertiary/aromatic N) is 2. The molecule has 2 heterocycles. The average Bonchev–Trinajstić information content (AvgIpc) is 2.62. The van der Waals surface area contributed by atoms with E-state index in [0.717, 1.165) is 18.2 Å². The Hall–Kier alpha value is -4.00. The van der Waals surface area contributed by atoms with Gasteiger partial charge in [-0.2, -0.15) is 21.8 Å². The Labute approximate surface area is 179 Å². The van der Waals surface area contributed by atoms with Crippen LogP contribution in [-0.2, 0) is 20.2 Å². The number of aromatic amines is 2. The molecule has 3 rings (SSSR count). The van der Waals surface area contributed by atoms with Gasteiger partial charge in [-0.25, -0.2) is 14.6 Å². The summed E-state index contributed by atoms with van der Waals surface area (Å²) in [4.78, 5) is 32.3. The highest BCUT2D eigenvalue weighted by Gasteiger charge is 2.17. The van der Waals surface area contributed by atoms with Gasteiger partial charge in [0, 0.05) is 0 Å². The van der Waals surface area contributed by atoms with Crippen molar-refractivity contribution in [3.05, 3.63) is 51.3 Å². The van der Waals surface area contributed by atoms with Crippen LogP contribution in [0.2, 0.25) is 0 Å². The molecule has 0 fully saturated rings. The number of nitrogens with two attached hydrogens (primary N) is 3. The minimum absolute atomic E-state index is 0.0320. The molecule has 0 radical (unpaired) electrons. The number of anilines is 5. The summed E-state index contributed by atoms with van der Waals surface area (Å²) in [5.74, 6) is 0.419. The number of pyridine rings is 1. The van der Waals surface area contributed by atoms with E-state index < -0.39 is 47.1 Å². The van der Waals surface area contributed by atoms with Gasteiger partial charge in [-0.1, -0.05) is 0 Å². The first-order valence-electron chi connectivity index (χ1n) is 8.01. The molecule has 0 aliphatic carbocycles. The fourth-order valence-corrected chi connectivity index (χ4v) is 3.16. The lowest BCUT2D eigenvalue weighted by molar-refractivity contribution is 0.479. The summed E-state index contributed by atoms with van der Waals surface area (Å²) >= 11 is 0. The highest BCUT2D eigenvalue weighted by Crippen LogP contribution is 2.21. The van der Waals surface area contributed by atoms with Crippen molar-refractivity contribution in [3.63, 3.8) is 0 Å². The van der Waals surface area contributed by atoms with E-state index >= 15 is 0 Å². The van der Waals surface area contributed by atoms with E-state index in [1.54, 1.807) is 0 Å². The van der Waals surface area contributed by atoms with Crippen molar-refractivity contribution in [1.29, 1.82) is 0 Å². The lowest BCUT2D eigenvalue weighted by atomic mass is 10.3. The third-order valence-electron chi connectivity index (χ3n) is 3.43. The fourth-order valence-electron chi connectivity index (χ4n) is 2.05. The van der Waals surface area contributed by atoms with E-state index in [1.807, 2.05) is 4.98 Å². The summed E-state index contributed by atoms with van der Waals surface area (Å²) in [5, 5.41) is 2.62. The molecule has 0 amide bonds. The zero-order valence-corrected chi connectivity index (χ0v) is 17.3. The van der Waals surface area contributed by atoms with E-state index in [-0.39, 0.29) is 11.8 Å². The molecule has 0 unspecified atom stereocenters. The van der Waals surface area contributed by atoms with E-state index in [4.69, 9.17) is 26.3 Å². The second-order valence-corrected chi connectivity index (χ2v) is 8.60. The lowest BCUT2D eigenvalue weighted by Crippen LogP contribution is -2.26. The fraction of sp³-hybridized carbons (Fsp3) is 0. The molecule has 0 atom stereocenters. The van der Waals surface area contributed by atoms with Gasteiger partial charge in [0.05, 0.1) is 16.3 Å². The van der Waals surface area contributed by atoms with Crippen LogP contribution in [0.4, 0.5) is 29.0 Å². The summed E-state index contributed by atoms with van der Waals surface area (Å²) in [5.41, 5.74) is 14.6. The molecule has 32 heavy (non-hydrogen) atoms. The molecule has 0 aliphatic heterocycles. The molecule has 0 spiro atoms. The van der Waals surface area contributed by atoms with E-state index in [9.17, 15) is 26.4 Å². The molecule has 172 valence electrons. The van der Waals surface area contributed by atoms with Crippen LogP contribution in [0.15, 0.2) is 49.7 Å². The molecular formula is C14H16N8O8S2. The first kappa shape index (κ1) is 24.3. The number of nitrogen functional groups attached to an aromatic ring is 3. The number of aromatic nitrogens is 4. The average molecular weight is 488 g/mol. The summed E-state index contributed by atoms with van der Waals surface area (Å²) in [7, 11) is -8.94. The molecule has 3 aromatic rings. The molecule has 0 bridgehead atoms. The van der Waals surface area contributed by atoms with Gasteiger partial charge >= 0.3 is 11.4 Å². The van der Waals surface area contributed by atoms with Crippen LogP contribution < -0.4 is 33.9 Å². The van der Waals surface area contributed by atoms with Gasteiger partial charge in [-0.3, -0.25) is 19.1 Å². The van der Waals surface area contributed by atoms with Crippen LogP contribution in [0.5, 0.6) is 0 Å². The summed E-state index contributed by atoms with van der Waals surface area (Å²) in [6, 6.07) is 5.41. The van der Waals surface area contributed by atoms with Gasteiger partial charge in [0.15, 0.2) is 0 Å². The minimum Gasteiger partial charge on any atom is -0.398 e. The van der Waals surface area contributed by atoms with Crippen LogP contribution in [-0.4, -0.2) is 45.9 Å². The van der Waals surface area contributed by atoms with Crippen molar-refractivity contribution in [2.75, 3.05) is 22.5 Å². The Morgan fingerprint density at radius 3 is 2.00 bits per heavy atom. The maximum absolute atomic E-state index is 11.0. The van der Waals surface area contributed by atoms with Crippen LogP contribution in [0.3, 0.4) is 0 Å². The van der Waals surface area contributed by atoms with Crippen molar-refractivity contribution in [2.24, 2.45) is 0 Å². The smallest absolute Gasteiger partial charge is 0.352 e. The Kier molecular flexibility index (Phi) is 6.84. The van der Waals surface area contributed by atoms with Crippen molar-refractivity contribution in [1.82, 2.24) is 19.9 Å². The summed E-state index contributed by atoms with van der Waals surface area (Å²) < 4.78 is 59.9. The molecule has 11 N–H and O–H groups in total. The Bertz CT molecular complexity index is 1450. The SMILES string of the molecule is Nc1cc(S(=O)(=O)O)ccc1S(=O)(=O)O.Nc1ccc(Nc2nc(=O)[nH]c(=O)[nH]2)nc1N. The normalized spacial score (nSPS) is 11.3. The third kappa shape index (κ3) is 6.50. The Morgan fingerprint density at radius 1 is 0.844 bits per heavy atom. The van der Waals surface area contributed by atoms with Gasteiger partial charge < -0.3 is 22.5 Å². The number of H-pyrrole nitrogens is 2. The predicted molar refractivity (Wildman–Crippen MR) is 112 cm³/mol. The summed E-state index contributed by atoms with van der Waals surface area (Å²) in [6.45, 7) is 0. The number of hydrogen-bond acceptors (Lipinski definition) is 12. The van der Waals surface area contributed by atoms with E-state index in [0.29, 0.717) is 11.5 Å². The molecular weight excluding hydrogens is 472 g/mol. The molecule has 1 aromatic carbocycles. The number of hydrogen-bond donors (Lipinski definition) is 8. The highest BCUT2D eigenvalue weighted by atomic mass is 32.2. The molecule has 0 saturated heterocycles. The van der Waals surface area contributed by atoms with Gasteiger partial charge in [0.25, 0.3) is 20.2 Å². The molecule has 16 nitrogen and oxygen atoms in total. The van der Waals surface area contributed by atoms with Crippen molar-refractivity contribution in [3.8, 4) is 0 Å². The predicted octanol–water partition coefficient (Wildman–Crippen LogP) is -1.48. The minimum atomic E-state index is -4.50. The zero-order chi connectivity index (χ0) is 24.3. The van der Waals surface area contributed by atoms with E-state index in [1.165, 1.54) is 12.1 Å². The first-order valence-corrected chi connectivity index (χ1v) is 10.9. The third-order valence-corrected chi connectivity index (χ3v) is 5.20. The van der Waals surface area contributed by atoms with Crippen LogP contribution in [0.25, 0.3) is 0 Å². The Balaban J connectivity index is 0.000000229. The largest absolute Gasteiger partial charge is 0.398 e. The highest BCUT2D eigenvalue weighted by molar-refractivity contribution is 7.86. The Morgan fingerprint density at radius 2 is 1.50 bits per heavy atom. The van der Waals surface area contributed by atoms with Gasteiger partial charge in [-0.15, -0.1) is 0 Å². The quantitative estimate of drug-likeness (QED) is 0.153. The number of benzene rings is 1. The molecule has 18 heteroatoms. The number of rotatable bonds is 4. The van der Waals surface area contributed by atoms with Crippen LogP contribution in [0.1, 0.15) is 0 Å². The second-order valence-electron chi connectivity index (χ2n) is 5.79. The maximum Gasteiger partial charge on any atom is 0.352 e. The molecule has 2 aromatic heterocycles. The van der Waals surface area contributed by atoms with Crippen LogP contribution >= 0.6 is 0 Å².